The molecular weight excluding hydrogens is 194 g/mol. The topological polar surface area (TPSA) is 67.6 Å². The zero-order valence-electron chi connectivity index (χ0n) is 9.53. The number of piperidine rings is 1. The van der Waals surface area contributed by atoms with E-state index in [1.54, 1.807) is 0 Å². The molecule has 1 saturated heterocycles. The molecule has 0 spiro atoms. The number of hydrogen-bond acceptors (Lipinski definition) is 3. The average Bonchev–Trinajstić information content (AvgIpc) is 2.18. The maximum Gasteiger partial charge on any atom is 0.317 e. The number of carbonyl (C=O) groups excluding carboxylic acids is 1. The molecule has 0 aromatic rings. The molecule has 0 radical (unpaired) electrons. The first-order chi connectivity index (χ1) is 7.15. The molecule has 5 heteroatoms. The third-order valence-electron chi connectivity index (χ3n) is 2.59. The number of nitrogens with two attached hydrogens (primary N) is 1. The van der Waals surface area contributed by atoms with E-state index in [2.05, 4.69) is 10.2 Å². The normalized spacial score (nSPS) is 21.9. The standard InChI is InChI=1S/C10H21N3O2/c1-8(2)12-10(14)13-6-4-3-5-9(13)7-15-11/h8-9H,3-7,11H2,1-2H3,(H,12,14). The van der Waals surface area contributed by atoms with Crippen molar-refractivity contribution in [3.8, 4) is 0 Å². The molecule has 1 aliphatic rings. The van der Waals surface area contributed by atoms with Gasteiger partial charge in [-0.2, -0.15) is 0 Å². The van der Waals surface area contributed by atoms with E-state index in [0.29, 0.717) is 6.61 Å². The zero-order valence-corrected chi connectivity index (χ0v) is 9.53. The summed E-state index contributed by atoms with van der Waals surface area (Å²) in [6.45, 7) is 5.13. The summed E-state index contributed by atoms with van der Waals surface area (Å²) in [6.07, 6.45) is 3.18. The summed E-state index contributed by atoms with van der Waals surface area (Å²) in [5.74, 6) is 5.06. The maximum atomic E-state index is 11.8. The SMILES string of the molecule is CC(C)NC(=O)N1CCCCC1CON. The van der Waals surface area contributed by atoms with Crippen LogP contribution in [0.1, 0.15) is 33.1 Å². The van der Waals surface area contributed by atoms with Crippen LogP contribution in [0.3, 0.4) is 0 Å². The van der Waals surface area contributed by atoms with E-state index in [1.165, 1.54) is 0 Å². The van der Waals surface area contributed by atoms with Crippen molar-refractivity contribution in [1.29, 1.82) is 0 Å². The van der Waals surface area contributed by atoms with Crippen LogP contribution in [0.4, 0.5) is 4.79 Å². The first kappa shape index (κ1) is 12.3. The Bertz CT molecular complexity index is 207. The number of likely N-dealkylation sites (tertiary alicyclic amines) is 1. The lowest BCUT2D eigenvalue weighted by molar-refractivity contribution is 0.0555. The van der Waals surface area contributed by atoms with E-state index in [9.17, 15) is 4.79 Å². The smallest absolute Gasteiger partial charge is 0.317 e. The van der Waals surface area contributed by atoms with E-state index in [1.807, 2.05) is 18.7 Å². The molecule has 88 valence electrons. The minimum atomic E-state index is -0.00764. The Morgan fingerprint density at radius 2 is 2.33 bits per heavy atom. The molecule has 1 fully saturated rings. The van der Waals surface area contributed by atoms with E-state index in [0.717, 1.165) is 25.8 Å². The number of urea groups is 1. The molecule has 1 aliphatic heterocycles. The zero-order chi connectivity index (χ0) is 11.3. The number of rotatable bonds is 3. The minimum Gasteiger partial charge on any atom is -0.336 e. The van der Waals surface area contributed by atoms with Crippen LogP contribution in [0.5, 0.6) is 0 Å². The Kier molecular flexibility index (Phi) is 4.84. The van der Waals surface area contributed by atoms with Crippen molar-refractivity contribution >= 4 is 6.03 Å². The summed E-state index contributed by atoms with van der Waals surface area (Å²) in [4.78, 5) is 18.3. The Balaban J connectivity index is 2.51. The molecule has 0 aliphatic carbocycles. The van der Waals surface area contributed by atoms with Crippen LogP contribution in [0, 0.1) is 0 Å². The average molecular weight is 215 g/mol. The largest absolute Gasteiger partial charge is 0.336 e. The molecule has 0 saturated carbocycles. The van der Waals surface area contributed by atoms with Crippen LogP contribution in [0.25, 0.3) is 0 Å². The van der Waals surface area contributed by atoms with Gasteiger partial charge in [-0.1, -0.05) is 0 Å². The van der Waals surface area contributed by atoms with Gasteiger partial charge in [0.05, 0.1) is 12.6 Å². The molecule has 3 N–H and O–H groups in total. The fourth-order valence-corrected chi connectivity index (χ4v) is 1.88. The second-order valence-corrected chi connectivity index (χ2v) is 4.28. The van der Waals surface area contributed by atoms with Gasteiger partial charge in [0.1, 0.15) is 0 Å². The monoisotopic (exact) mass is 215 g/mol. The second-order valence-electron chi connectivity index (χ2n) is 4.28. The molecule has 1 unspecified atom stereocenters. The van der Waals surface area contributed by atoms with Crippen molar-refractivity contribution in [2.24, 2.45) is 5.90 Å². The molecule has 0 aromatic heterocycles. The van der Waals surface area contributed by atoms with Crippen molar-refractivity contribution < 1.29 is 9.63 Å². The fourth-order valence-electron chi connectivity index (χ4n) is 1.88. The van der Waals surface area contributed by atoms with Gasteiger partial charge >= 0.3 is 6.03 Å². The lowest BCUT2D eigenvalue weighted by Crippen LogP contribution is -2.52. The first-order valence-electron chi connectivity index (χ1n) is 5.54. The lowest BCUT2D eigenvalue weighted by Gasteiger charge is -2.35. The van der Waals surface area contributed by atoms with Gasteiger partial charge in [-0.3, -0.25) is 0 Å². The van der Waals surface area contributed by atoms with Gasteiger partial charge in [-0.05, 0) is 33.1 Å². The highest BCUT2D eigenvalue weighted by molar-refractivity contribution is 5.74. The Labute approximate surface area is 90.9 Å². The van der Waals surface area contributed by atoms with Crippen molar-refractivity contribution in [3.63, 3.8) is 0 Å². The number of carbonyl (C=O) groups is 1. The van der Waals surface area contributed by atoms with Gasteiger partial charge in [0.2, 0.25) is 0 Å². The van der Waals surface area contributed by atoms with Gasteiger partial charge in [0, 0.05) is 12.6 Å². The van der Waals surface area contributed by atoms with Crippen LogP contribution in [0.15, 0.2) is 0 Å². The number of amides is 2. The third kappa shape index (κ3) is 3.68. The van der Waals surface area contributed by atoms with Crippen LogP contribution >= 0.6 is 0 Å². The Morgan fingerprint density at radius 1 is 1.60 bits per heavy atom. The predicted molar refractivity (Wildman–Crippen MR) is 58.2 cm³/mol. The lowest BCUT2D eigenvalue weighted by atomic mass is 10.0. The minimum absolute atomic E-state index is 0.00764. The van der Waals surface area contributed by atoms with Crippen molar-refractivity contribution in [1.82, 2.24) is 10.2 Å². The molecule has 0 bridgehead atoms. The van der Waals surface area contributed by atoms with Crippen LogP contribution in [0.2, 0.25) is 0 Å². The highest BCUT2D eigenvalue weighted by atomic mass is 16.6. The van der Waals surface area contributed by atoms with Crippen molar-refractivity contribution in [3.05, 3.63) is 0 Å². The van der Waals surface area contributed by atoms with Gasteiger partial charge in [0.15, 0.2) is 0 Å². The van der Waals surface area contributed by atoms with E-state index in [-0.39, 0.29) is 18.1 Å². The van der Waals surface area contributed by atoms with E-state index < -0.39 is 0 Å². The maximum absolute atomic E-state index is 11.8. The molecule has 1 atom stereocenters. The summed E-state index contributed by atoms with van der Waals surface area (Å²) in [5, 5.41) is 2.89. The predicted octanol–water partition coefficient (Wildman–Crippen LogP) is 0.849. The summed E-state index contributed by atoms with van der Waals surface area (Å²) in [5.41, 5.74) is 0. The summed E-state index contributed by atoms with van der Waals surface area (Å²) >= 11 is 0. The molecular formula is C10H21N3O2. The Morgan fingerprint density at radius 3 is 2.93 bits per heavy atom. The van der Waals surface area contributed by atoms with Gasteiger partial charge in [0.25, 0.3) is 0 Å². The van der Waals surface area contributed by atoms with Crippen LogP contribution in [-0.4, -0.2) is 36.2 Å². The second kappa shape index (κ2) is 5.92. The van der Waals surface area contributed by atoms with Crippen LogP contribution < -0.4 is 11.2 Å². The number of hydrogen-bond donors (Lipinski definition) is 2. The molecule has 2 amide bonds. The van der Waals surface area contributed by atoms with Crippen LogP contribution in [-0.2, 0) is 4.84 Å². The highest BCUT2D eigenvalue weighted by Gasteiger charge is 2.26. The summed E-state index contributed by atoms with van der Waals surface area (Å²) in [7, 11) is 0. The molecule has 5 nitrogen and oxygen atoms in total. The molecule has 1 rings (SSSR count). The summed E-state index contributed by atoms with van der Waals surface area (Å²) in [6, 6.07) is 0.285. The Hall–Kier alpha value is -0.810. The molecule has 15 heavy (non-hydrogen) atoms. The van der Waals surface area contributed by atoms with Gasteiger partial charge in [-0.25, -0.2) is 10.7 Å². The van der Waals surface area contributed by atoms with Crippen molar-refractivity contribution in [2.75, 3.05) is 13.2 Å². The van der Waals surface area contributed by atoms with Gasteiger partial charge < -0.3 is 15.1 Å². The van der Waals surface area contributed by atoms with E-state index in [4.69, 9.17) is 5.90 Å². The quantitative estimate of drug-likeness (QED) is 0.686. The fraction of sp³-hybridized carbons (Fsp3) is 0.900. The number of nitrogens with zero attached hydrogens (tertiary/aromatic N) is 1. The number of nitrogens with one attached hydrogen (secondary N) is 1. The molecule has 0 aromatic carbocycles. The van der Waals surface area contributed by atoms with Gasteiger partial charge in [-0.15, -0.1) is 0 Å². The van der Waals surface area contributed by atoms with E-state index >= 15 is 0 Å². The molecule has 1 heterocycles. The highest BCUT2D eigenvalue weighted by Crippen LogP contribution is 2.17. The van der Waals surface area contributed by atoms with Crippen molar-refractivity contribution in [2.45, 2.75) is 45.2 Å². The first-order valence-corrected chi connectivity index (χ1v) is 5.54. The third-order valence-corrected chi connectivity index (χ3v) is 2.59. The summed E-state index contributed by atoms with van der Waals surface area (Å²) < 4.78 is 0.